The largest absolute Gasteiger partial charge is 0.351 e. The minimum Gasteiger partial charge on any atom is -0.351 e. The minimum absolute atomic E-state index is 0.275. The molecule has 0 atom stereocenters. The van der Waals surface area contributed by atoms with E-state index in [1.54, 1.807) is 19.1 Å². The molecule has 7 heteroatoms. The van der Waals surface area contributed by atoms with Gasteiger partial charge in [-0.1, -0.05) is 5.16 Å². The lowest BCUT2D eigenvalue weighted by atomic mass is 10.1. The number of aromatic nitrogens is 4. The molecule has 0 N–H and O–H groups in total. The van der Waals surface area contributed by atoms with E-state index in [-0.39, 0.29) is 5.82 Å². The van der Waals surface area contributed by atoms with Crippen molar-refractivity contribution in [3.63, 3.8) is 0 Å². The Labute approximate surface area is 126 Å². The van der Waals surface area contributed by atoms with Crippen molar-refractivity contribution in [2.75, 3.05) is 11.9 Å². The van der Waals surface area contributed by atoms with E-state index in [0.717, 1.165) is 5.56 Å². The number of rotatable bonds is 4. The minimum atomic E-state index is -0.275. The SMILES string of the molecule is Cc1nc(CN(C)c2ccc(-c3ccc(F)cc3)nn2)no1. The smallest absolute Gasteiger partial charge is 0.223 e. The standard InChI is InChI=1S/C15H14FN5O/c1-10-17-14(20-22-10)9-21(2)15-8-7-13(18-19-15)11-3-5-12(16)6-4-11/h3-8H,9H2,1-2H3. The molecule has 0 bridgehead atoms. The normalized spacial score (nSPS) is 10.7. The summed E-state index contributed by atoms with van der Waals surface area (Å²) in [4.78, 5) is 6.01. The summed E-state index contributed by atoms with van der Waals surface area (Å²) in [5, 5.41) is 12.2. The van der Waals surface area contributed by atoms with Crippen LogP contribution < -0.4 is 4.90 Å². The molecular formula is C15H14FN5O. The Morgan fingerprint density at radius 3 is 2.45 bits per heavy atom. The first-order chi connectivity index (χ1) is 10.6. The Bertz CT molecular complexity index is 754. The van der Waals surface area contributed by atoms with Crippen LogP contribution in [0.15, 0.2) is 40.9 Å². The Morgan fingerprint density at radius 2 is 1.86 bits per heavy atom. The number of halogens is 1. The van der Waals surface area contributed by atoms with Gasteiger partial charge >= 0.3 is 0 Å². The third-order valence-electron chi connectivity index (χ3n) is 3.13. The van der Waals surface area contributed by atoms with Crippen LogP contribution in [0.1, 0.15) is 11.7 Å². The molecule has 3 aromatic rings. The Kier molecular flexibility index (Phi) is 3.78. The fourth-order valence-corrected chi connectivity index (χ4v) is 2.00. The van der Waals surface area contributed by atoms with Crippen LogP contribution in [0.5, 0.6) is 0 Å². The van der Waals surface area contributed by atoms with Crippen molar-refractivity contribution in [1.29, 1.82) is 0 Å². The van der Waals surface area contributed by atoms with E-state index < -0.39 is 0 Å². The second kappa shape index (κ2) is 5.88. The van der Waals surface area contributed by atoms with Crippen molar-refractivity contribution >= 4 is 5.82 Å². The molecule has 1 aromatic carbocycles. The number of nitrogens with zero attached hydrogens (tertiary/aromatic N) is 5. The van der Waals surface area contributed by atoms with Gasteiger partial charge in [-0.3, -0.25) is 0 Å². The summed E-state index contributed by atoms with van der Waals surface area (Å²) >= 11 is 0. The van der Waals surface area contributed by atoms with E-state index in [0.29, 0.717) is 29.8 Å². The zero-order chi connectivity index (χ0) is 15.5. The van der Waals surface area contributed by atoms with E-state index in [4.69, 9.17) is 4.52 Å². The third kappa shape index (κ3) is 3.08. The average Bonchev–Trinajstić information content (AvgIpc) is 2.93. The summed E-state index contributed by atoms with van der Waals surface area (Å²) < 4.78 is 17.9. The Morgan fingerprint density at radius 1 is 1.09 bits per heavy atom. The lowest BCUT2D eigenvalue weighted by molar-refractivity contribution is 0.387. The molecule has 2 heterocycles. The Balaban J connectivity index is 1.74. The molecule has 0 unspecified atom stereocenters. The third-order valence-corrected chi connectivity index (χ3v) is 3.13. The van der Waals surface area contributed by atoms with Gasteiger partial charge < -0.3 is 9.42 Å². The molecule has 3 rings (SSSR count). The Hall–Kier alpha value is -2.83. The zero-order valence-electron chi connectivity index (χ0n) is 12.2. The van der Waals surface area contributed by atoms with Crippen LogP contribution in [0.2, 0.25) is 0 Å². The molecule has 2 aromatic heterocycles. The number of aryl methyl sites for hydroxylation is 1. The maximum Gasteiger partial charge on any atom is 0.223 e. The second-order valence-corrected chi connectivity index (χ2v) is 4.87. The maximum atomic E-state index is 12.9. The highest BCUT2D eigenvalue weighted by atomic mass is 19.1. The van der Waals surface area contributed by atoms with Gasteiger partial charge in [-0.25, -0.2) is 4.39 Å². The number of hydrogen-bond donors (Lipinski definition) is 0. The molecule has 0 spiro atoms. The molecule has 0 saturated heterocycles. The van der Waals surface area contributed by atoms with Crippen molar-refractivity contribution in [2.45, 2.75) is 13.5 Å². The van der Waals surface area contributed by atoms with Gasteiger partial charge in [-0.05, 0) is 36.4 Å². The van der Waals surface area contributed by atoms with Gasteiger partial charge in [-0.15, -0.1) is 10.2 Å². The quantitative estimate of drug-likeness (QED) is 0.737. The monoisotopic (exact) mass is 299 g/mol. The highest BCUT2D eigenvalue weighted by Gasteiger charge is 2.09. The van der Waals surface area contributed by atoms with Crippen molar-refractivity contribution in [3.05, 3.63) is 53.9 Å². The van der Waals surface area contributed by atoms with Crippen molar-refractivity contribution in [3.8, 4) is 11.3 Å². The first-order valence-electron chi connectivity index (χ1n) is 6.72. The molecule has 22 heavy (non-hydrogen) atoms. The fraction of sp³-hybridized carbons (Fsp3) is 0.200. The summed E-state index contributed by atoms with van der Waals surface area (Å²) in [6, 6.07) is 9.83. The van der Waals surface area contributed by atoms with Crippen LogP contribution in [0, 0.1) is 12.7 Å². The van der Waals surface area contributed by atoms with Crippen molar-refractivity contribution < 1.29 is 8.91 Å². The van der Waals surface area contributed by atoms with Gasteiger partial charge in [0.2, 0.25) is 5.89 Å². The first-order valence-corrected chi connectivity index (χ1v) is 6.72. The number of benzene rings is 1. The van der Waals surface area contributed by atoms with Gasteiger partial charge in [0.25, 0.3) is 0 Å². The lowest BCUT2D eigenvalue weighted by Gasteiger charge is -2.15. The predicted molar refractivity (Wildman–Crippen MR) is 78.6 cm³/mol. The van der Waals surface area contributed by atoms with E-state index in [2.05, 4.69) is 20.3 Å². The van der Waals surface area contributed by atoms with Crippen LogP contribution in [0.3, 0.4) is 0 Å². The molecular weight excluding hydrogens is 285 g/mol. The molecule has 0 amide bonds. The summed E-state index contributed by atoms with van der Waals surface area (Å²) in [7, 11) is 1.87. The molecule has 112 valence electrons. The van der Waals surface area contributed by atoms with E-state index in [9.17, 15) is 4.39 Å². The van der Waals surface area contributed by atoms with Gasteiger partial charge in [-0.2, -0.15) is 4.98 Å². The van der Waals surface area contributed by atoms with Crippen molar-refractivity contribution in [2.24, 2.45) is 0 Å². The van der Waals surface area contributed by atoms with Crippen LogP contribution >= 0.6 is 0 Å². The van der Waals surface area contributed by atoms with E-state index >= 15 is 0 Å². The molecule has 0 aliphatic rings. The highest BCUT2D eigenvalue weighted by molar-refractivity contribution is 5.59. The van der Waals surface area contributed by atoms with Crippen molar-refractivity contribution in [1.82, 2.24) is 20.3 Å². The zero-order valence-corrected chi connectivity index (χ0v) is 12.2. The van der Waals surface area contributed by atoms with Gasteiger partial charge in [0.15, 0.2) is 11.6 Å². The average molecular weight is 299 g/mol. The summed E-state index contributed by atoms with van der Waals surface area (Å²) in [5.41, 5.74) is 1.50. The molecule has 0 aliphatic carbocycles. The summed E-state index contributed by atoms with van der Waals surface area (Å²) in [6.07, 6.45) is 0. The van der Waals surface area contributed by atoms with Crippen LogP contribution in [-0.2, 0) is 6.54 Å². The lowest BCUT2D eigenvalue weighted by Crippen LogP contribution is -2.19. The molecule has 0 saturated carbocycles. The van der Waals surface area contributed by atoms with Crippen LogP contribution in [0.25, 0.3) is 11.3 Å². The van der Waals surface area contributed by atoms with Gasteiger partial charge in [0.05, 0.1) is 12.2 Å². The predicted octanol–water partition coefficient (Wildman–Crippen LogP) is 2.61. The molecule has 6 nitrogen and oxygen atoms in total. The number of anilines is 1. The topological polar surface area (TPSA) is 67.9 Å². The van der Waals surface area contributed by atoms with E-state index in [1.165, 1.54) is 12.1 Å². The molecule has 0 radical (unpaired) electrons. The van der Waals surface area contributed by atoms with Crippen LogP contribution in [0.4, 0.5) is 10.2 Å². The summed E-state index contributed by atoms with van der Waals surface area (Å²) in [6.45, 7) is 2.22. The second-order valence-electron chi connectivity index (χ2n) is 4.87. The van der Waals surface area contributed by atoms with Crippen LogP contribution in [-0.4, -0.2) is 27.4 Å². The fourth-order valence-electron chi connectivity index (χ4n) is 2.00. The molecule has 0 aliphatic heterocycles. The highest BCUT2D eigenvalue weighted by Crippen LogP contribution is 2.19. The summed E-state index contributed by atoms with van der Waals surface area (Å²) in [5.74, 6) is 1.53. The maximum absolute atomic E-state index is 12.9. The molecule has 0 fully saturated rings. The number of hydrogen-bond acceptors (Lipinski definition) is 6. The van der Waals surface area contributed by atoms with Gasteiger partial charge in [0.1, 0.15) is 5.82 Å². The van der Waals surface area contributed by atoms with Gasteiger partial charge in [0, 0.05) is 19.5 Å². The van der Waals surface area contributed by atoms with E-state index in [1.807, 2.05) is 24.1 Å². The first kappa shape index (κ1) is 14.1.